The molecule has 2 heterocycles. The fraction of sp³-hybridized carbons (Fsp3) is 0.583. The molecule has 0 unspecified atom stereocenters. The molecule has 1 saturated heterocycles. The van der Waals surface area contributed by atoms with E-state index in [4.69, 9.17) is 9.31 Å². The van der Waals surface area contributed by atoms with Crippen LogP contribution in [0.3, 0.4) is 0 Å². The Hall–Kier alpha value is -1.12. The number of hydrogen-bond donors (Lipinski definition) is 1. The van der Waals surface area contributed by atoms with E-state index in [1.54, 1.807) is 12.3 Å². The van der Waals surface area contributed by atoms with Crippen molar-refractivity contribution in [3.63, 3.8) is 0 Å². The van der Waals surface area contributed by atoms with Gasteiger partial charge in [-0.2, -0.15) is 0 Å². The van der Waals surface area contributed by atoms with E-state index in [0.717, 1.165) is 6.26 Å². The fourth-order valence-electron chi connectivity index (χ4n) is 1.86. The van der Waals surface area contributed by atoms with Gasteiger partial charge in [0.2, 0.25) is 10.0 Å². The quantitative estimate of drug-likeness (QED) is 0.833. The Morgan fingerprint density at radius 1 is 1.20 bits per heavy atom. The minimum atomic E-state index is -3.38. The summed E-state index contributed by atoms with van der Waals surface area (Å²) >= 11 is 0. The summed E-state index contributed by atoms with van der Waals surface area (Å²) in [7, 11) is -4.03. The molecular formula is C12H19BN2O4S. The van der Waals surface area contributed by atoms with Gasteiger partial charge in [0.25, 0.3) is 0 Å². The van der Waals surface area contributed by atoms with Crippen LogP contribution >= 0.6 is 0 Å². The maximum absolute atomic E-state index is 11.4. The molecule has 1 aliphatic heterocycles. The smallest absolute Gasteiger partial charge is 0.399 e. The summed E-state index contributed by atoms with van der Waals surface area (Å²) in [4.78, 5) is 4.02. The van der Waals surface area contributed by atoms with Crippen LogP contribution in [-0.2, 0) is 19.3 Å². The molecule has 0 saturated carbocycles. The largest absolute Gasteiger partial charge is 0.498 e. The van der Waals surface area contributed by atoms with Gasteiger partial charge in [0, 0.05) is 17.9 Å². The Morgan fingerprint density at radius 2 is 1.75 bits per heavy atom. The maximum Gasteiger partial charge on any atom is 0.498 e. The monoisotopic (exact) mass is 298 g/mol. The number of rotatable bonds is 3. The average molecular weight is 298 g/mol. The van der Waals surface area contributed by atoms with E-state index in [9.17, 15) is 8.42 Å². The number of nitrogens with one attached hydrogen (secondary N) is 1. The fourth-order valence-corrected chi connectivity index (χ4v) is 2.44. The van der Waals surface area contributed by atoms with Gasteiger partial charge in [-0.25, -0.2) is 8.42 Å². The topological polar surface area (TPSA) is 77.5 Å². The number of pyridine rings is 1. The highest BCUT2D eigenvalue weighted by Gasteiger charge is 2.52. The Labute approximate surface area is 120 Å². The van der Waals surface area contributed by atoms with Crippen LogP contribution < -0.4 is 10.2 Å². The minimum Gasteiger partial charge on any atom is -0.399 e. The molecule has 0 aromatic carbocycles. The van der Waals surface area contributed by atoms with E-state index in [1.807, 2.05) is 27.7 Å². The van der Waals surface area contributed by atoms with Gasteiger partial charge >= 0.3 is 7.12 Å². The molecule has 8 heteroatoms. The lowest BCUT2D eigenvalue weighted by molar-refractivity contribution is 0.00578. The van der Waals surface area contributed by atoms with Gasteiger partial charge in [0.05, 0.1) is 23.1 Å². The summed E-state index contributed by atoms with van der Waals surface area (Å²) < 4.78 is 37.1. The molecule has 1 N–H and O–H groups in total. The summed E-state index contributed by atoms with van der Waals surface area (Å²) in [6.45, 7) is 7.75. The number of hydrogen-bond acceptors (Lipinski definition) is 5. The Kier molecular flexibility index (Phi) is 3.60. The number of aromatic nitrogens is 1. The van der Waals surface area contributed by atoms with E-state index < -0.39 is 28.3 Å². The van der Waals surface area contributed by atoms with Crippen molar-refractivity contribution in [2.45, 2.75) is 38.9 Å². The van der Waals surface area contributed by atoms with Crippen molar-refractivity contribution in [1.29, 1.82) is 0 Å². The number of sulfonamides is 1. The van der Waals surface area contributed by atoms with Crippen LogP contribution in [0.4, 0.5) is 5.69 Å². The van der Waals surface area contributed by atoms with Crippen LogP contribution in [0.1, 0.15) is 27.7 Å². The zero-order valence-electron chi connectivity index (χ0n) is 12.3. The second-order valence-electron chi connectivity index (χ2n) is 5.93. The third-order valence-corrected chi connectivity index (χ3v) is 4.25. The van der Waals surface area contributed by atoms with Crippen LogP contribution in [-0.4, -0.2) is 38.0 Å². The molecular weight excluding hydrogens is 279 g/mol. The lowest BCUT2D eigenvalue weighted by atomic mass is 9.79. The summed E-state index contributed by atoms with van der Waals surface area (Å²) in [5.41, 5.74) is 0.00344. The van der Waals surface area contributed by atoms with Crippen LogP contribution in [0.5, 0.6) is 0 Å². The summed E-state index contributed by atoms with van der Waals surface area (Å²) in [5.74, 6) is 0. The van der Waals surface area contributed by atoms with Crippen molar-refractivity contribution in [3.05, 3.63) is 18.5 Å². The van der Waals surface area contributed by atoms with Crippen molar-refractivity contribution >= 4 is 28.3 Å². The standard InChI is InChI=1S/C12H19BN2O4S/c1-11(2)12(3,4)19-13(18-11)9-8-14-7-6-10(9)15-20(5,16)17/h6-8H,1-5H3,(H,14,15). The summed E-state index contributed by atoms with van der Waals surface area (Å²) in [5, 5.41) is 0. The molecule has 0 spiro atoms. The average Bonchev–Trinajstić information content (AvgIpc) is 2.46. The van der Waals surface area contributed by atoms with Gasteiger partial charge in [-0.3, -0.25) is 9.71 Å². The molecule has 20 heavy (non-hydrogen) atoms. The molecule has 0 radical (unpaired) electrons. The second kappa shape index (κ2) is 4.72. The first-order chi connectivity index (χ1) is 9.02. The molecule has 0 bridgehead atoms. The first-order valence-corrected chi connectivity index (χ1v) is 8.18. The minimum absolute atomic E-state index is 0.418. The van der Waals surface area contributed by atoms with Gasteiger partial charge in [-0.05, 0) is 33.8 Å². The van der Waals surface area contributed by atoms with E-state index in [2.05, 4.69) is 9.71 Å². The van der Waals surface area contributed by atoms with Gasteiger partial charge in [-0.1, -0.05) is 0 Å². The molecule has 0 amide bonds. The van der Waals surface area contributed by atoms with Crippen molar-refractivity contribution in [2.75, 3.05) is 11.0 Å². The predicted octanol–water partition coefficient (Wildman–Crippen LogP) is 0.752. The summed E-state index contributed by atoms with van der Waals surface area (Å²) in [6.07, 6.45) is 4.17. The van der Waals surface area contributed by atoms with Gasteiger partial charge in [-0.15, -0.1) is 0 Å². The van der Waals surface area contributed by atoms with Crippen molar-refractivity contribution < 1.29 is 17.7 Å². The second-order valence-corrected chi connectivity index (χ2v) is 7.67. The molecule has 1 aromatic rings. The molecule has 110 valence electrons. The van der Waals surface area contributed by atoms with Gasteiger partial charge in [0.1, 0.15) is 0 Å². The van der Waals surface area contributed by atoms with Crippen molar-refractivity contribution in [1.82, 2.24) is 4.98 Å². The Bertz CT molecular complexity index is 600. The SMILES string of the molecule is CC1(C)OB(c2cnccc2NS(C)(=O)=O)OC1(C)C. The molecule has 1 fully saturated rings. The first kappa shape index (κ1) is 15.3. The zero-order chi connectivity index (χ0) is 15.2. The summed E-state index contributed by atoms with van der Waals surface area (Å²) in [6, 6.07) is 1.58. The van der Waals surface area contributed by atoms with E-state index in [0.29, 0.717) is 11.2 Å². The van der Waals surface area contributed by atoms with Crippen molar-refractivity contribution in [2.24, 2.45) is 0 Å². The van der Waals surface area contributed by atoms with Crippen LogP contribution in [0.2, 0.25) is 0 Å². The van der Waals surface area contributed by atoms with Crippen LogP contribution in [0.15, 0.2) is 18.5 Å². The normalized spacial score (nSPS) is 20.9. The molecule has 1 aliphatic rings. The molecule has 0 atom stereocenters. The number of anilines is 1. The Morgan fingerprint density at radius 3 is 2.25 bits per heavy atom. The van der Waals surface area contributed by atoms with Gasteiger partial charge < -0.3 is 9.31 Å². The third kappa shape index (κ3) is 2.97. The zero-order valence-corrected chi connectivity index (χ0v) is 13.1. The number of nitrogens with zero attached hydrogens (tertiary/aromatic N) is 1. The maximum atomic E-state index is 11.4. The lowest BCUT2D eigenvalue weighted by Crippen LogP contribution is -2.41. The van der Waals surface area contributed by atoms with Crippen LogP contribution in [0.25, 0.3) is 0 Å². The van der Waals surface area contributed by atoms with E-state index in [1.165, 1.54) is 6.20 Å². The predicted molar refractivity (Wildman–Crippen MR) is 78.4 cm³/mol. The molecule has 1 aromatic heterocycles. The molecule has 0 aliphatic carbocycles. The highest BCUT2D eigenvalue weighted by molar-refractivity contribution is 7.92. The van der Waals surface area contributed by atoms with Crippen LogP contribution in [0, 0.1) is 0 Å². The van der Waals surface area contributed by atoms with Crippen molar-refractivity contribution in [3.8, 4) is 0 Å². The van der Waals surface area contributed by atoms with E-state index >= 15 is 0 Å². The highest BCUT2D eigenvalue weighted by Crippen LogP contribution is 2.36. The van der Waals surface area contributed by atoms with Gasteiger partial charge in [0.15, 0.2) is 0 Å². The highest BCUT2D eigenvalue weighted by atomic mass is 32.2. The third-order valence-electron chi connectivity index (χ3n) is 3.65. The molecule has 2 rings (SSSR count). The van der Waals surface area contributed by atoms with E-state index in [-0.39, 0.29) is 0 Å². The Balaban J connectivity index is 2.36. The molecule has 6 nitrogen and oxygen atoms in total. The lowest BCUT2D eigenvalue weighted by Gasteiger charge is -2.32. The first-order valence-electron chi connectivity index (χ1n) is 6.29.